The number of urea groups is 1. The molecule has 0 aliphatic carbocycles. The molecule has 0 aliphatic heterocycles. The standard InChI is InChI=1S/C9H15BrN2O4/c10-6-7(13)2-1-4-11-9(16)12-5-3-8(14)15/h1-6H2,(H,14,15)(H2,11,12,16). The number of hydrogen-bond donors (Lipinski definition) is 3. The summed E-state index contributed by atoms with van der Waals surface area (Å²) < 4.78 is 0. The summed E-state index contributed by atoms with van der Waals surface area (Å²) >= 11 is 3.04. The van der Waals surface area contributed by atoms with Crippen LogP contribution in [0.25, 0.3) is 0 Å². The number of alkyl halides is 1. The summed E-state index contributed by atoms with van der Waals surface area (Å²) in [6.07, 6.45) is 0.896. The van der Waals surface area contributed by atoms with Crippen LogP contribution in [0.15, 0.2) is 0 Å². The number of carboxylic acids is 1. The van der Waals surface area contributed by atoms with Crippen LogP contribution < -0.4 is 10.6 Å². The number of halogens is 1. The minimum atomic E-state index is -0.955. The first-order valence-electron chi connectivity index (χ1n) is 4.87. The molecule has 0 saturated carbocycles. The third-order valence-electron chi connectivity index (χ3n) is 1.69. The van der Waals surface area contributed by atoms with E-state index in [0.29, 0.717) is 24.7 Å². The Labute approximate surface area is 102 Å². The highest BCUT2D eigenvalue weighted by Gasteiger charge is 2.02. The van der Waals surface area contributed by atoms with Gasteiger partial charge in [-0.15, -0.1) is 0 Å². The van der Waals surface area contributed by atoms with Crippen LogP contribution in [0.2, 0.25) is 0 Å². The van der Waals surface area contributed by atoms with Gasteiger partial charge in [-0.05, 0) is 6.42 Å². The number of carboxylic acid groups (broad SMARTS) is 1. The van der Waals surface area contributed by atoms with E-state index < -0.39 is 12.0 Å². The molecular formula is C9H15BrN2O4. The van der Waals surface area contributed by atoms with Crippen LogP contribution in [0, 0.1) is 0 Å². The maximum Gasteiger partial charge on any atom is 0.314 e. The zero-order valence-corrected chi connectivity index (χ0v) is 10.4. The predicted octanol–water partition coefficient (Wildman–Crippen LogP) is 0.504. The van der Waals surface area contributed by atoms with E-state index in [-0.39, 0.29) is 18.7 Å². The molecule has 0 aromatic carbocycles. The normalized spacial score (nSPS) is 9.56. The first kappa shape index (κ1) is 14.9. The van der Waals surface area contributed by atoms with E-state index in [1.165, 1.54) is 0 Å². The van der Waals surface area contributed by atoms with E-state index in [1.54, 1.807) is 0 Å². The molecule has 0 rings (SSSR count). The highest BCUT2D eigenvalue weighted by molar-refractivity contribution is 9.09. The molecule has 92 valence electrons. The number of carbonyl (C=O) groups excluding carboxylic acids is 2. The second-order valence-electron chi connectivity index (χ2n) is 3.10. The van der Waals surface area contributed by atoms with Gasteiger partial charge >= 0.3 is 12.0 Å². The molecule has 0 spiro atoms. The third kappa shape index (κ3) is 9.45. The predicted molar refractivity (Wildman–Crippen MR) is 61.7 cm³/mol. The fourth-order valence-electron chi connectivity index (χ4n) is 0.900. The van der Waals surface area contributed by atoms with Crippen molar-refractivity contribution in [2.75, 3.05) is 18.4 Å². The van der Waals surface area contributed by atoms with Crippen LogP contribution in [0.4, 0.5) is 4.79 Å². The van der Waals surface area contributed by atoms with Gasteiger partial charge < -0.3 is 15.7 Å². The zero-order chi connectivity index (χ0) is 12.4. The Morgan fingerprint density at radius 2 is 1.69 bits per heavy atom. The summed E-state index contributed by atoms with van der Waals surface area (Å²) in [7, 11) is 0. The van der Waals surface area contributed by atoms with Crippen LogP contribution in [-0.4, -0.2) is 41.3 Å². The van der Waals surface area contributed by atoms with Crippen LogP contribution in [0.1, 0.15) is 19.3 Å². The molecule has 0 radical (unpaired) electrons. The molecule has 2 amide bonds. The molecule has 0 heterocycles. The second kappa shape index (κ2) is 9.14. The van der Waals surface area contributed by atoms with Crippen molar-refractivity contribution in [1.29, 1.82) is 0 Å². The van der Waals surface area contributed by atoms with Crippen molar-refractivity contribution in [1.82, 2.24) is 10.6 Å². The van der Waals surface area contributed by atoms with Gasteiger partial charge in [-0.1, -0.05) is 15.9 Å². The third-order valence-corrected chi connectivity index (χ3v) is 2.32. The van der Waals surface area contributed by atoms with Gasteiger partial charge in [-0.25, -0.2) is 4.79 Å². The topological polar surface area (TPSA) is 95.5 Å². The smallest absolute Gasteiger partial charge is 0.314 e. The van der Waals surface area contributed by atoms with Crippen molar-refractivity contribution in [2.24, 2.45) is 0 Å². The van der Waals surface area contributed by atoms with Gasteiger partial charge in [-0.3, -0.25) is 9.59 Å². The minimum absolute atomic E-state index is 0.0908. The molecule has 0 unspecified atom stereocenters. The van der Waals surface area contributed by atoms with Crippen molar-refractivity contribution in [2.45, 2.75) is 19.3 Å². The molecule has 0 aromatic heterocycles. The number of carbonyl (C=O) groups is 3. The second-order valence-corrected chi connectivity index (χ2v) is 3.66. The van der Waals surface area contributed by atoms with E-state index >= 15 is 0 Å². The number of Topliss-reactive ketones (excluding diaryl/α,β-unsaturated/α-hetero) is 1. The largest absolute Gasteiger partial charge is 0.481 e. The summed E-state index contributed by atoms with van der Waals surface area (Å²) in [5.41, 5.74) is 0. The quantitative estimate of drug-likeness (QED) is 0.449. The Bertz CT molecular complexity index is 258. The average molecular weight is 295 g/mol. The Morgan fingerprint density at radius 1 is 1.06 bits per heavy atom. The Balaban J connectivity index is 3.37. The molecule has 0 saturated heterocycles. The lowest BCUT2D eigenvalue weighted by molar-refractivity contribution is -0.136. The Morgan fingerprint density at radius 3 is 2.25 bits per heavy atom. The molecule has 7 heteroatoms. The average Bonchev–Trinajstić information content (AvgIpc) is 2.23. The maximum atomic E-state index is 11.0. The van der Waals surface area contributed by atoms with Gasteiger partial charge in [0, 0.05) is 19.5 Å². The summed E-state index contributed by atoms with van der Waals surface area (Å²) in [6, 6.07) is -0.410. The van der Waals surface area contributed by atoms with Crippen molar-refractivity contribution >= 4 is 33.7 Å². The number of amides is 2. The zero-order valence-electron chi connectivity index (χ0n) is 8.79. The van der Waals surface area contributed by atoms with Crippen molar-refractivity contribution < 1.29 is 19.5 Å². The summed E-state index contributed by atoms with van der Waals surface area (Å²) in [4.78, 5) is 32.0. The first-order chi connectivity index (χ1) is 7.56. The van der Waals surface area contributed by atoms with Crippen LogP contribution in [0.3, 0.4) is 0 Å². The monoisotopic (exact) mass is 294 g/mol. The number of ketones is 1. The molecule has 0 bridgehead atoms. The number of rotatable bonds is 8. The molecule has 16 heavy (non-hydrogen) atoms. The highest BCUT2D eigenvalue weighted by atomic mass is 79.9. The van der Waals surface area contributed by atoms with Crippen LogP contribution in [0.5, 0.6) is 0 Å². The van der Waals surface area contributed by atoms with Crippen molar-refractivity contribution in [3.05, 3.63) is 0 Å². The van der Waals surface area contributed by atoms with E-state index in [1.807, 2.05) is 0 Å². The van der Waals surface area contributed by atoms with Gasteiger partial charge in [0.05, 0.1) is 11.8 Å². The van der Waals surface area contributed by atoms with Crippen LogP contribution in [-0.2, 0) is 9.59 Å². The van der Waals surface area contributed by atoms with Gasteiger partial charge in [0.2, 0.25) is 0 Å². The molecule has 0 aliphatic rings. The fourth-order valence-corrected chi connectivity index (χ4v) is 1.18. The van der Waals surface area contributed by atoms with Gasteiger partial charge in [0.1, 0.15) is 5.78 Å². The Kier molecular flexibility index (Phi) is 8.51. The molecule has 0 aromatic rings. The lowest BCUT2D eigenvalue weighted by Gasteiger charge is -2.05. The molecular weight excluding hydrogens is 280 g/mol. The van der Waals surface area contributed by atoms with Crippen molar-refractivity contribution in [3.8, 4) is 0 Å². The maximum absolute atomic E-state index is 11.0. The fraction of sp³-hybridized carbons (Fsp3) is 0.667. The van der Waals surface area contributed by atoms with E-state index in [0.717, 1.165) is 0 Å². The summed E-state index contributed by atoms with van der Waals surface area (Å²) in [5, 5.41) is 13.6. The number of nitrogens with one attached hydrogen (secondary N) is 2. The lowest BCUT2D eigenvalue weighted by Crippen LogP contribution is -2.37. The van der Waals surface area contributed by atoms with E-state index in [2.05, 4.69) is 26.6 Å². The number of aliphatic carboxylic acids is 1. The SMILES string of the molecule is O=C(O)CCNC(=O)NCCCC(=O)CBr. The molecule has 6 nitrogen and oxygen atoms in total. The van der Waals surface area contributed by atoms with Crippen molar-refractivity contribution in [3.63, 3.8) is 0 Å². The van der Waals surface area contributed by atoms with E-state index in [4.69, 9.17) is 5.11 Å². The minimum Gasteiger partial charge on any atom is -0.481 e. The summed E-state index contributed by atoms with van der Waals surface area (Å²) in [6.45, 7) is 0.499. The van der Waals surface area contributed by atoms with Crippen LogP contribution >= 0.6 is 15.9 Å². The Hall–Kier alpha value is -1.11. The lowest BCUT2D eigenvalue weighted by atomic mass is 10.2. The van der Waals surface area contributed by atoms with Gasteiger partial charge in [-0.2, -0.15) is 0 Å². The first-order valence-corrected chi connectivity index (χ1v) is 5.99. The van der Waals surface area contributed by atoms with Gasteiger partial charge in [0.15, 0.2) is 0 Å². The molecule has 0 fully saturated rings. The van der Waals surface area contributed by atoms with E-state index in [9.17, 15) is 14.4 Å². The molecule has 3 N–H and O–H groups in total. The number of hydrogen-bond acceptors (Lipinski definition) is 3. The highest BCUT2D eigenvalue weighted by Crippen LogP contribution is 1.92. The van der Waals surface area contributed by atoms with Gasteiger partial charge in [0.25, 0.3) is 0 Å². The molecule has 0 atom stereocenters. The summed E-state index contributed by atoms with van der Waals surface area (Å²) in [5.74, 6) is -0.865.